The predicted octanol–water partition coefficient (Wildman–Crippen LogP) is -1.73. The molecule has 2 N–H and O–H groups in total. The molecule has 0 aromatic carbocycles. The Bertz CT molecular complexity index is 916. The molecule has 8 nitrogen and oxygen atoms in total. The molecule has 0 aromatic heterocycles. The quantitative estimate of drug-likeness (QED) is 0.284. The van der Waals surface area contributed by atoms with E-state index >= 15 is 0 Å². The summed E-state index contributed by atoms with van der Waals surface area (Å²) in [7, 11) is -5.05. The number of fused-ring (bicyclic) bond motifs is 5. The van der Waals surface area contributed by atoms with E-state index in [4.69, 9.17) is 0 Å². The van der Waals surface area contributed by atoms with Crippen molar-refractivity contribution < 1.29 is 66.5 Å². The van der Waals surface area contributed by atoms with Gasteiger partial charge in [0.2, 0.25) is 10.4 Å². The van der Waals surface area contributed by atoms with Crippen molar-refractivity contribution >= 4 is 22.0 Å². The first-order valence-corrected chi connectivity index (χ1v) is 11.9. The topological polar surface area (TPSA) is 141 Å². The predicted molar refractivity (Wildman–Crippen MR) is 104 cm³/mol. The Labute approximate surface area is 205 Å². The van der Waals surface area contributed by atoms with Crippen LogP contribution in [0.4, 0.5) is 0 Å². The van der Waals surface area contributed by atoms with E-state index in [0.29, 0.717) is 19.3 Å². The number of aliphatic hydroxyl groups is 2. The molecule has 4 aliphatic rings. The van der Waals surface area contributed by atoms with Crippen LogP contribution in [0.5, 0.6) is 0 Å². The molecule has 0 bridgehead atoms. The van der Waals surface area contributed by atoms with Gasteiger partial charge in [-0.25, -0.2) is 8.42 Å². The van der Waals surface area contributed by atoms with E-state index in [1.54, 1.807) is 13.0 Å². The Morgan fingerprint density at radius 3 is 2.58 bits per heavy atom. The Morgan fingerprint density at radius 2 is 1.94 bits per heavy atom. The monoisotopic (exact) mass is 464 g/mol. The maximum absolute atomic E-state index is 12.8. The van der Waals surface area contributed by atoms with E-state index in [-0.39, 0.29) is 71.4 Å². The second kappa shape index (κ2) is 8.27. The second-order valence-electron chi connectivity index (χ2n) is 10.1. The fourth-order valence-corrected chi connectivity index (χ4v) is 7.65. The molecule has 0 saturated heterocycles. The van der Waals surface area contributed by atoms with Gasteiger partial charge in [-0.15, -0.1) is 0 Å². The van der Waals surface area contributed by atoms with Crippen LogP contribution in [0.1, 0.15) is 58.8 Å². The summed E-state index contributed by atoms with van der Waals surface area (Å²) < 4.78 is 36.4. The summed E-state index contributed by atoms with van der Waals surface area (Å²) in [4.78, 5) is 24.7. The molecule has 10 heteroatoms. The number of rotatable bonds is 4. The van der Waals surface area contributed by atoms with Crippen molar-refractivity contribution in [1.29, 1.82) is 0 Å². The van der Waals surface area contributed by atoms with Crippen LogP contribution in [0, 0.1) is 28.6 Å². The van der Waals surface area contributed by atoms with E-state index in [2.05, 4.69) is 11.1 Å². The number of Topliss-reactive ketones (excluding diaryl/α,β-unsaturated/α-hetero) is 1. The van der Waals surface area contributed by atoms with Crippen molar-refractivity contribution in [1.82, 2.24) is 0 Å². The van der Waals surface area contributed by atoms with Gasteiger partial charge in [0, 0.05) is 11.8 Å². The minimum Gasteiger partial charge on any atom is -0.726 e. The summed E-state index contributed by atoms with van der Waals surface area (Å²) in [6.45, 7) is 2.90. The van der Waals surface area contributed by atoms with Crippen molar-refractivity contribution in [2.45, 2.75) is 70.5 Å². The number of hydrogen-bond acceptors (Lipinski definition) is 8. The Balaban J connectivity index is 0.00000272. The summed E-state index contributed by atoms with van der Waals surface area (Å²) in [6.07, 6.45) is 4.57. The standard InChI is InChI=1S/C21H30O8S.Na/c1-19-7-5-13(22)9-12(19)3-4-14-15-6-8-21(25,17(24)11-29-30(26,27)28)20(15,2)10-16(23)18(14)19;/h9,14-16,18,23,25H,3-8,10-11H2,1-2H3,(H,26,27,28);/q;+1/p-1/t14-,15-,16-,18+,19-,20-,21-;/m0./s1. The molecule has 7 atom stereocenters. The van der Waals surface area contributed by atoms with Crippen LogP contribution in [-0.2, 0) is 24.2 Å². The van der Waals surface area contributed by atoms with Gasteiger partial charge in [0.1, 0.15) is 12.2 Å². The van der Waals surface area contributed by atoms with Gasteiger partial charge in [-0.2, -0.15) is 0 Å². The van der Waals surface area contributed by atoms with Crippen LogP contribution < -0.4 is 29.6 Å². The average molecular weight is 465 g/mol. The molecule has 4 aliphatic carbocycles. The molecule has 0 spiro atoms. The average Bonchev–Trinajstić information content (AvgIpc) is 2.91. The molecule has 3 saturated carbocycles. The summed E-state index contributed by atoms with van der Waals surface area (Å²) in [5.41, 5.74) is -1.97. The van der Waals surface area contributed by atoms with Gasteiger partial charge >= 0.3 is 29.6 Å². The van der Waals surface area contributed by atoms with Crippen LogP contribution in [0.15, 0.2) is 11.6 Å². The summed E-state index contributed by atoms with van der Waals surface area (Å²) in [5.74, 6) is -0.701. The molecule has 0 aromatic rings. The first-order valence-electron chi connectivity index (χ1n) is 10.6. The molecular weight excluding hydrogens is 435 g/mol. The number of carbonyl (C=O) groups is 2. The van der Waals surface area contributed by atoms with E-state index in [1.807, 2.05) is 0 Å². The molecule has 31 heavy (non-hydrogen) atoms. The SMILES string of the molecule is C[C@]12CCC(=O)C=C1CC[C@@H]1[C@@H]2[C@@H](O)C[C@@]2(C)[C@H]1CC[C@]2(O)C(=O)COS(=O)(=O)[O-].[Na+]. The smallest absolute Gasteiger partial charge is 0.726 e. The fourth-order valence-electron chi connectivity index (χ4n) is 7.40. The molecule has 0 amide bonds. The second-order valence-corrected chi connectivity index (χ2v) is 11.1. The number of allylic oxidation sites excluding steroid dienone is 1. The van der Waals surface area contributed by atoms with Crippen molar-refractivity contribution in [2.24, 2.45) is 28.6 Å². The molecule has 0 unspecified atom stereocenters. The first kappa shape index (κ1) is 25.5. The van der Waals surface area contributed by atoms with Crippen LogP contribution in [0.2, 0.25) is 0 Å². The van der Waals surface area contributed by atoms with E-state index < -0.39 is 39.9 Å². The third-order valence-corrected chi connectivity index (χ3v) is 9.25. The van der Waals surface area contributed by atoms with Crippen LogP contribution in [-0.4, -0.2) is 53.1 Å². The molecule has 0 radical (unpaired) electrons. The largest absolute Gasteiger partial charge is 1.00 e. The molecule has 3 fully saturated rings. The van der Waals surface area contributed by atoms with Gasteiger partial charge in [0.15, 0.2) is 11.6 Å². The minimum atomic E-state index is -5.05. The normalized spacial score (nSPS) is 44.4. The third kappa shape index (κ3) is 3.93. The van der Waals surface area contributed by atoms with Crippen molar-refractivity contribution in [3.05, 3.63) is 11.6 Å². The van der Waals surface area contributed by atoms with Gasteiger partial charge in [-0.05, 0) is 67.8 Å². The maximum Gasteiger partial charge on any atom is 1.00 e. The molecule has 4 rings (SSSR count). The zero-order chi connectivity index (χ0) is 22.1. The van der Waals surface area contributed by atoms with Crippen molar-refractivity contribution in [2.75, 3.05) is 6.61 Å². The van der Waals surface area contributed by atoms with Crippen LogP contribution in [0.3, 0.4) is 0 Å². The molecule has 0 aliphatic heterocycles. The number of aliphatic hydroxyl groups excluding tert-OH is 1. The Kier molecular flexibility index (Phi) is 6.80. The van der Waals surface area contributed by atoms with Crippen molar-refractivity contribution in [3.63, 3.8) is 0 Å². The number of carbonyl (C=O) groups excluding carboxylic acids is 2. The van der Waals surface area contributed by atoms with E-state index in [1.165, 1.54) is 0 Å². The molecule has 168 valence electrons. The van der Waals surface area contributed by atoms with E-state index in [9.17, 15) is 32.8 Å². The summed E-state index contributed by atoms with van der Waals surface area (Å²) in [5, 5.41) is 22.6. The van der Waals surface area contributed by atoms with Gasteiger partial charge in [-0.1, -0.05) is 19.4 Å². The van der Waals surface area contributed by atoms with Crippen LogP contribution in [0.25, 0.3) is 0 Å². The molecule has 0 heterocycles. The van der Waals surface area contributed by atoms with Gasteiger partial charge in [-0.3, -0.25) is 13.8 Å². The fraction of sp³-hybridized carbons (Fsp3) is 0.810. The van der Waals surface area contributed by atoms with Gasteiger partial charge in [0.25, 0.3) is 0 Å². The molecular formula is C21H29NaO8S. The summed E-state index contributed by atoms with van der Waals surface area (Å²) >= 11 is 0. The maximum atomic E-state index is 12.8. The van der Waals surface area contributed by atoms with Crippen molar-refractivity contribution in [3.8, 4) is 0 Å². The van der Waals surface area contributed by atoms with Gasteiger partial charge < -0.3 is 14.8 Å². The Hall–Kier alpha value is -0.130. The number of ketones is 2. The Morgan fingerprint density at radius 1 is 1.26 bits per heavy atom. The van der Waals surface area contributed by atoms with Crippen LogP contribution >= 0.6 is 0 Å². The number of hydrogen-bond donors (Lipinski definition) is 2. The minimum absolute atomic E-state index is 0. The zero-order valence-corrected chi connectivity index (χ0v) is 21.1. The van der Waals surface area contributed by atoms with E-state index in [0.717, 1.165) is 18.4 Å². The zero-order valence-electron chi connectivity index (χ0n) is 18.3. The third-order valence-electron chi connectivity index (χ3n) is 8.84. The summed E-state index contributed by atoms with van der Waals surface area (Å²) in [6, 6.07) is 0. The van der Waals surface area contributed by atoms with Gasteiger partial charge in [0.05, 0.1) is 6.10 Å². The first-order chi connectivity index (χ1) is 13.8.